The van der Waals surface area contributed by atoms with Gasteiger partial charge in [0.1, 0.15) is 0 Å². The zero-order chi connectivity index (χ0) is 8.97. The van der Waals surface area contributed by atoms with Crippen molar-refractivity contribution in [1.29, 1.82) is 0 Å². The molecule has 12 heavy (non-hydrogen) atoms. The average molecular weight is 234 g/mol. The van der Waals surface area contributed by atoms with Gasteiger partial charge in [-0.15, -0.1) is 0 Å². The van der Waals surface area contributed by atoms with Gasteiger partial charge in [-0.1, -0.05) is 29.3 Å². The second-order valence-electron chi connectivity index (χ2n) is 4.12. The minimum atomic E-state index is 0.640. The third kappa shape index (κ3) is 3.90. The van der Waals surface area contributed by atoms with Crippen molar-refractivity contribution in [2.45, 2.75) is 50.4 Å². The maximum Gasteiger partial charge on any atom is 0.0132 e. The minimum absolute atomic E-state index is 0.640. The molecular weight excluding hydrogens is 214 g/mol. The molecule has 0 aromatic heterocycles. The molecule has 1 saturated carbocycles. The van der Waals surface area contributed by atoms with Gasteiger partial charge < -0.3 is 5.32 Å². The van der Waals surface area contributed by atoms with Gasteiger partial charge in [-0.3, -0.25) is 0 Å². The molecule has 1 aliphatic rings. The lowest BCUT2D eigenvalue weighted by Crippen LogP contribution is -2.34. The molecule has 0 aliphatic heterocycles. The first-order valence-electron chi connectivity index (χ1n) is 5.06. The number of hydrogen-bond donors (Lipinski definition) is 1. The molecule has 0 saturated heterocycles. The molecule has 0 heterocycles. The van der Waals surface area contributed by atoms with Crippen molar-refractivity contribution >= 4 is 15.9 Å². The van der Waals surface area contributed by atoms with Crippen LogP contribution in [0.3, 0.4) is 0 Å². The second kappa shape index (κ2) is 5.23. The van der Waals surface area contributed by atoms with E-state index in [2.05, 4.69) is 35.1 Å². The molecule has 1 aliphatic carbocycles. The van der Waals surface area contributed by atoms with E-state index in [0.29, 0.717) is 10.9 Å². The Labute approximate surface area is 84.4 Å². The molecule has 0 amide bonds. The van der Waals surface area contributed by atoms with Crippen molar-refractivity contribution in [2.75, 3.05) is 6.54 Å². The van der Waals surface area contributed by atoms with Crippen LogP contribution in [0.4, 0.5) is 0 Å². The zero-order valence-corrected chi connectivity index (χ0v) is 9.73. The smallest absolute Gasteiger partial charge is 0.0132 e. The summed E-state index contributed by atoms with van der Waals surface area (Å²) in [5.74, 6) is 0.984. The van der Waals surface area contributed by atoms with Gasteiger partial charge in [0.25, 0.3) is 0 Å². The molecule has 2 atom stereocenters. The number of alkyl halides is 1. The Hall–Kier alpha value is 0.440. The Morgan fingerprint density at radius 1 is 1.42 bits per heavy atom. The SMILES string of the molecule is CC(Br)CC(C)NCC1CCC1. The molecule has 0 aromatic carbocycles. The van der Waals surface area contributed by atoms with Crippen LogP contribution in [0.1, 0.15) is 39.5 Å². The largest absolute Gasteiger partial charge is 0.314 e. The van der Waals surface area contributed by atoms with Gasteiger partial charge in [-0.25, -0.2) is 0 Å². The lowest BCUT2D eigenvalue weighted by Gasteiger charge is -2.27. The minimum Gasteiger partial charge on any atom is -0.314 e. The first-order chi connectivity index (χ1) is 5.68. The van der Waals surface area contributed by atoms with Crippen LogP contribution in [0.5, 0.6) is 0 Å². The highest BCUT2D eigenvalue weighted by Gasteiger charge is 2.17. The van der Waals surface area contributed by atoms with Gasteiger partial charge in [0.2, 0.25) is 0 Å². The standard InChI is InChI=1S/C10H20BrN/c1-8(11)6-9(2)12-7-10-4-3-5-10/h8-10,12H,3-7H2,1-2H3. The van der Waals surface area contributed by atoms with E-state index in [-0.39, 0.29) is 0 Å². The van der Waals surface area contributed by atoms with E-state index in [1.165, 1.54) is 32.2 Å². The fourth-order valence-electron chi connectivity index (χ4n) is 1.64. The fourth-order valence-corrected chi connectivity index (χ4v) is 2.20. The van der Waals surface area contributed by atoms with Crippen LogP contribution in [0, 0.1) is 5.92 Å². The number of nitrogens with one attached hydrogen (secondary N) is 1. The molecule has 0 radical (unpaired) electrons. The van der Waals surface area contributed by atoms with Gasteiger partial charge in [-0.2, -0.15) is 0 Å². The van der Waals surface area contributed by atoms with Crippen molar-refractivity contribution in [3.8, 4) is 0 Å². The first-order valence-corrected chi connectivity index (χ1v) is 5.97. The van der Waals surface area contributed by atoms with Crippen LogP contribution in [-0.2, 0) is 0 Å². The lowest BCUT2D eigenvalue weighted by molar-refractivity contribution is 0.289. The second-order valence-corrected chi connectivity index (χ2v) is 5.69. The quantitative estimate of drug-likeness (QED) is 0.721. The maximum atomic E-state index is 3.59. The molecule has 0 bridgehead atoms. The Morgan fingerprint density at radius 3 is 2.50 bits per heavy atom. The third-order valence-electron chi connectivity index (χ3n) is 2.66. The molecule has 72 valence electrons. The van der Waals surface area contributed by atoms with Crippen molar-refractivity contribution in [2.24, 2.45) is 5.92 Å². The van der Waals surface area contributed by atoms with E-state index in [1.54, 1.807) is 0 Å². The highest BCUT2D eigenvalue weighted by atomic mass is 79.9. The van der Waals surface area contributed by atoms with E-state index in [0.717, 1.165) is 5.92 Å². The van der Waals surface area contributed by atoms with Crippen molar-refractivity contribution < 1.29 is 0 Å². The van der Waals surface area contributed by atoms with Gasteiger partial charge >= 0.3 is 0 Å². The molecule has 2 heteroatoms. The zero-order valence-electron chi connectivity index (χ0n) is 8.15. The maximum absolute atomic E-state index is 3.59. The molecule has 2 unspecified atom stereocenters. The molecule has 1 fully saturated rings. The fraction of sp³-hybridized carbons (Fsp3) is 1.00. The summed E-state index contributed by atoms with van der Waals surface area (Å²) in [6.45, 7) is 5.72. The summed E-state index contributed by atoms with van der Waals surface area (Å²) in [6.07, 6.45) is 5.58. The predicted molar refractivity (Wildman–Crippen MR) is 57.8 cm³/mol. The summed E-state index contributed by atoms with van der Waals surface area (Å²) in [5, 5.41) is 3.59. The van der Waals surface area contributed by atoms with Crippen LogP contribution >= 0.6 is 15.9 Å². The van der Waals surface area contributed by atoms with E-state index in [9.17, 15) is 0 Å². The van der Waals surface area contributed by atoms with Crippen molar-refractivity contribution in [1.82, 2.24) is 5.32 Å². The van der Waals surface area contributed by atoms with E-state index < -0.39 is 0 Å². The van der Waals surface area contributed by atoms with Gasteiger partial charge in [0, 0.05) is 10.9 Å². The number of halogens is 1. The van der Waals surface area contributed by atoms with E-state index >= 15 is 0 Å². The van der Waals surface area contributed by atoms with Crippen LogP contribution in [-0.4, -0.2) is 17.4 Å². The van der Waals surface area contributed by atoms with E-state index in [1.807, 2.05) is 0 Å². The molecule has 1 rings (SSSR count). The van der Waals surface area contributed by atoms with Gasteiger partial charge in [0.15, 0.2) is 0 Å². The summed E-state index contributed by atoms with van der Waals surface area (Å²) in [7, 11) is 0. The molecule has 1 nitrogen and oxygen atoms in total. The first kappa shape index (κ1) is 10.5. The Bertz CT molecular complexity index is 121. The summed E-state index contributed by atoms with van der Waals surface area (Å²) < 4.78 is 0. The summed E-state index contributed by atoms with van der Waals surface area (Å²) in [4.78, 5) is 0.640. The summed E-state index contributed by atoms with van der Waals surface area (Å²) in [5.41, 5.74) is 0. The normalized spacial score (nSPS) is 23.2. The topological polar surface area (TPSA) is 12.0 Å². The highest BCUT2D eigenvalue weighted by molar-refractivity contribution is 9.09. The highest BCUT2D eigenvalue weighted by Crippen LogP contribution is 2.25. The van der Waals surface area contributed by atoms with Gasteiger partial charge in [-0.05, 0) is 38.6 Å². The molecular formula is C10H20BrN. The van der Waals surface area contributed by atoms with Crippen molar-refractivity contribution in [3.05, 3.63) is 0 Å². The van der Waals surface area contributed by atoms with E-state index in [4.69, 9.17) is 0 Å². The molecule has 0 spiro atoms. The monoisotopic (exact) mass is 233 g/mol. The Kier molecular flexibility index (Phi) is 4.59. The average Bonchev–Trinajstić information content (AvgIpc) is 1.81. The predicted octanol–water partition coefficient (Wildman–Crippen LogP) is 2.94. The van der Waals surface area contributed by atoms with Crippen molar-refractivity contribution in [3.63, 3.8) is 0 Å². The number of hydrogen-bond acceptors (Lipinski definition) is 1. The van der Waals surface area contributed by atoms with Gasteiger partial charge in [0.05, 0.1) is 0 Å². The van der Waals surface area contributed by atoms with Crippen LogP contribution in [0.15, 0.2) is 0 Å². The summed E-state index contributed by atoms with van der Waals surface area (Å²) >= 11 is 3.57. The Balaban J connectivity index is 1.97. The third-order valence-corrected chi connectivity index (χ3v) is 3.03. The molecule has 0 aromatic rings. The van der Waals surface area contributed by atoms with Crippen LogP contribution < -0.4 is 5.32 Å². The molecule has 1 N–H and O–H groups in total. The van der Waals surface area contributed by atoms with Crippen LogP contribution in [0.2, 0.25) is 0 Å². The number of rotatable bonds is 5. The lowest BCUT2D eigenvalue weighted by atomic mass is 9.85. The Morgan fingerprint density at radius 2 is 2.08 bits per heavy atom. The summed E-state index contributed by atoms with van der Waals surface area (Å²) in [6, 6.07) is 0.667. The van der Waals surface area contributed by atoms with Crippen LogP contribution in [0.25, 0.3) is 0 Å².